The fourth-order valence-corrected chi connectivity index (χ4v) is 2.63. The van der Waals surface area contributed by atoms with E-state index in [4.69, 9.17) is 0 Å². The molecule has 0 aliphatic carbocycles. The first kappa shape index (κ1) is 17.3. The Balaban J connectivity index is 1.78. The average Bonchev–Trinajstić information content (AvgIpc) is 3.16. The molecule has 0 atom stereocenters. The van der Waals surface area contributed by atoms with E-state index in [-0.39, 0.29) is 18.3 Å². The molecule has 0 saturated carbocycles. The summed E-state index contributed by atoms with van der Waals surface area (Å²) in [7, 11) is 0. The van der Waals surface area contributed by atoms with Gasteiger partial charge in [-0.1, -0.05) is 17.7 Å². The number of imidazole rings is 1. The van der Waals surface area contributed by atoms with Crippen molar-refractivity contribution in [1.29, 1.82) is 0 Å². The Labute approximate surface area is 149 Å². The molecule has 9 heteroatoms. The van der Waals surface area contributed by atoms with Gasteiger partial charge in [-0.3, -0.25) is 4.79 Å². The van der Waals surface area contributed by atoms with Crippen molar-refractivity contribution in [3.8, 4) is 5.69 Å². The lowest BCUT2D eigenvalue weighted by Crippen LogP contribution is -2.18. The molecule has 3 rings (SSSR count). The Morgan fingerprint density at radius 2 is 1.92 bits per heavy atom. The number of amides is 1. The first-order chi connectivity index (χ1) is 12.3. The Morgan fingerprint density at radius 1 is 1.23 bits per heavy atom. The molecule has 0 spiro atoms. The monoisotopic (exact) mass is 354 g/mol. The summed E-state index contributed by atoms with van der Waals surface area (Å²) in [5.41, 5.74) is 4.18. The highest BCUT2D eigenvalue weighted by atomic mass is 16.6. The third kappa shape index (κ3) is 3.46. The van der Waals surface area contributed by atoms with E-state index in [1.165, 1.54) is 17.1 Å². The minimum absolute atomic E-state index is 0.0740. The largest absolute Gasteiger partial charge is 0.381 e. The van der Waals surface area contributed by atoms with Crippen molar-refractivity contribution in [1.82, 2.24) is 19.3 Å². The molecule has 3 aromatic rings. The van der Waals surface area contributed by atoms with Gasteiger partial charge in [-0.25, -0.2) is 4.68 Å². The van der Waals surface area contributed by atoms with Gasteiger partial charge in [-0.2, -0.15) is 5.10 Å². The Hall–Kier alpha value is -3.49. The summed E-state index contributed by atoms with van der Waals surface area (Å²) in [6, 6.07) is 7.92. The summed E-state index contributed by atoms with van der Waals surface area (Å²) >= 11 is 0. The number of nitrogens with zero attached hydrogens (tertiary/aromatic N) is 5. The van der Waals surface area contributed by atoms with E-state index in [9.17, 15) is 14.9 Å². The Bertz CT molecular complexity index is 971. The summed E-state index contributed by atoms with van der Waals surface area (Å²) < 4.78 is 3.13. The van der Waals surface area contributed by atoms with Crippen molar-refractivity contribution in [3.63, 3.8) is 0 Å². The lowest BCUT2D eigenvalue weighted by Gasteiger charge is -2.07. The molecule has 1 aromatic carbocycles. The molecule has 0 bridgehead atoms. The van der Waals surface area contributed by atoms with Gasteiger partial charge in [0.1, 0.15) is 12.7 Å². The van der Waals surface area contributed by atoms with Crippen LogP contribution in [-0.2, 0) is 11.3 Å². The number of hydrogen-bond donors (Lipinski definition) is 1. The van der Waals surface area contributed by atoms with Gasteiger partial charge in [0.15, 0.2) is 0 Å². The van der Waals surface area contributed by atoms with Crippen LogP contribution in [0.1, 0.15) is 17.0 Å². The van der Waals surface area contributed by atoms with Crippen LogP contribution >= 0.6 is 0 Å². The Kier molecular flexibility index (Phi) is 4.53. The second-order valence-electron chi connectivity index (χ2n) is 6.00. The number of carbonyl (C=O) groups is 1. The standard InChI is InChI=1S/C17H18N6O3/c1-11-4-6-14(7-5-11)22-13(3)17(12(2)20-22)19-16(24)9-21-8-15(18-10-21)23(25)26/h4-8,10H,9H2,1-3H3,(H,19,24). The predicted octanol–water partition coefficient (Wildman–Crippen LogP) is 2.54. The van der Waals surface area contributed by atoms with E-state index in [0.29, 0.717) is 11.4 Å². The van der Waals surface area contributed by atoms with Gasteiger partial charge in [-0.05, 0) is 42.8 Å². The van der Waals surface area contributed by atoms with E-state index in [1.807, 2.05) is 45.0 Å². The summed E-state index contributed by atoms with van der Waals surface area (Å²) in [4.78, 5) is 26.0. The van der Waals surface area contributed by atoms with Crippen molar-refractivity contribution in [2.24, 2.45) is 0 Å². The SMILES string of the molecule is Cc1ccc(-n2nc(C)c(NC(=O)Cn3cnc([N+](=O)[O-])c3)c2C)cc1. The molecule has 0 unspecified atom stereocenters. The van der Waals surface area contributed by atoms with Crippen LogP contribution in [0, 0.1) is 30.9 Å². The number of rotatable bonds is 5. The minimum Gasteiger partial charge on any atom is -0.358 e. The van der Waals surface area contributed by atoms with E-state index in [0.717, 1.165) is 16.9 Å². The van der Waals surface area contributed by atoms with E-state index in [2.05, 4.69) is 15.4 Å². The maximum absolute atomic E-state index is 12.3. The number of benzene rings is 1. The maximum atomic E-state index is 12.3. The number of anilines is 1. The van der Waals surface area contributed by atoms with Gasteiger partial charge in [-0.15, -0.1) is 0 Å². The van der Waals surface area contributed by atoms with Crippen LogP contribution in [0.25, 0.3) is 5.69 Å². The van der Waals surface area contributed by atoms with Crippen molar-refractivity contribution >= 4 is 17.4 Å². The van der Waals surface area contributed by atoms with Gasteiger partial charge in [0.05, 0.1) is 22.8 Å². The molecule has 0 aliphatic heterocycles. The summed E-state index contributed by atoms with van der Waals surface area (Å²) in [6.07, 6.45) is 2.47. The van der Waals surface area contributed by atoms with E-state index >= 15 is 0 Å². The van der Waals surface area contributed by atoms with Gasteiger partial charge in [0.25, 0.3) is 0 Å². The highest BCUT2D eigenvalue weighted by Gasteiger charge is 2.17. The normalized spacial score (nSPS) is 10.7. The molecule has 9 nitrogen and oxygen atoms in total. The zero-order chi connectivity index (χ0) is 18.8. The zero-order valence-electron chi connectivity index (χ0n) is 14.6. The third-order valence-corrected chi connectivity index (χ3v) is 3.97. The quantitative estimate of drug-likeness (QED) is 0.559. The number of carbonyl (C=O) groups excluding carboxylic acids is 1. The van der Waals surface area contributed by atoms with Crippen LogP contribution in [0.15, 0.2) is 36.8 Å². The first-order valence-corrected chi connectivity index (χ1v) is 7.94. The van der Waals surface area contributed by atoms with Crippen molar-refractivity contribution in [3.05, 3.63) is 63.9 Å². The number of hydrogen-bond acceptors (Lipinski definition) is 5. The lowest BCUT2D eigenvalue weighted by molar-refractivity contribution is -0.389. The van der Waals surface area contributed by atoms with Crippen LogP contribution in [-0.4, -0.2) is 30.2 Å². The fourth-order valence-electron chi connectivity index (χ4n) is 2.63. The van der Waals surface area contributed by atoms with Crippen LogP contribution < -0.4 is 5.32 Å². The fraction of sp³-hybridized carbons (Fsp3) is 0.235. The maximum Gasteiger partial charge on any atom is 0.381 e. The number of nitro groups is 1. The molecule has 1 N–H and O–H groups in total. The first-order valence-electron chi connectivity index (χ1n) is 7.94. The summed E-state index contributed by atoms with van der Waals surface area (Å²) in [6.45, 7) is 5.62. The second kappa shape index (κ2) is 6.79. The van der Waals surface area contributed by atoms with Crippen molar-refractivity contribution < 1.29 is 9.72 Å². The molecule has 1 amide bonds. The number of nitrogens with one attached hydrogen (secondary N) is 1. The highest BCUT2D eigenvalue weighted by Crippen LogP contribution is 2.23. The summed E-state index contributed by atoms with van der Waals surface area (Å²) in [5.74, 6) is -0.607. The molecule has 0 saturated heterocycles. The van der Waals surface area contributed by atoms with Crippen molar-refractivity contribution in [2.45, 2.75) is 27.3 Å². The van der Waals surface area contributed by atoms with Crippen LogP contribution in [0.2, 0.25) is 0 Å². The van der Waals surface area contributed by atoms with E-state index < -0.39 is 4.92 Å². The molecule has 134 valence electrons. The second-order valence-corrected chi connectivity index (χ2v) is 6.00. The van der Waals surface area contributed by atoms with Gasteiger partial charge in [0, 0.05) is 0 Å². The Morgan fingerprint density at radius 3 is 2.54 bits per heavy atom. The molecule has 2 heterocycles. The van der Waals surface area contributed by atoms with Gasteiger partial charge < -0.3 is 20.0 Å². The highest BCUT2D eigenvalue weighted by molar-refractivity contribution is 5.91. The smallest absolute Gasteiger partial charge is 0.358 e. The van der Waals surface area contributed by atoms with E-state index in [1.54, 1.807) is 4.68 Å². The molecular formula is C17H18N6O3. The lowest BCUT2D eigenvalue weighted by atomic mass is 10.2. The predicted molar refractivity (Wildman–Crippen MR) is 95.3 cm³/mol. The number of aryl methyl sites for hydroxylation is 2. The van der Waals surface area contributed by atoms with Crippen LogP contribution in [0.3, 0.4) is 0 Å². The minimum atomic E-state index is -0.603. The van der Waals surface area contributed by atoms with Gasteiger partial charge in [0.2, 0.25) is 12.2 Å². The van der Waals surface area contributed by atoms with Crippen LogP contribution in [0.4, 0.5) is 11.5 Å². The average molecular weight is 354 g/mol. The van der Waals surface area contributed by atoms with Gasteiger partial charge >= 0.3 is 5.82 Å². The third-order valence-electron chi connectivity index (χ3n) is 3.97. The molecule has 0 fully saturated rings. The molecule has 0 aliphatic rings. The zero-order valence-corrected chi connectivity index (χ0v) is 14.6. The summed E-state index contributed by atoms with van der Waals surface area (Å²) in [5, 5.41) is 18.0. The topological polar surface area (TPSA) is 108 Å². The molecule has 26 heavy (non-hydrogen) atoms. The number of aromatic nitrogens is 4. The molecule has 2 aromatic heterocycles. The molecular weight excluding hydrogens is 336 g/mol. The van der Waals surface area contributed by atoms with Crippen molar-refractivity contribution in [2.75, 3.05) is 5.32 Å². The van der Waals surface area contributed by atoms with Crippen LogP contribution in [0.5, 0.6) is 0 Å². The molecule has 0 radical (unpaired) electrons.